The quantitative estimate of drug-likeness (QED) is 0.579. The Hall–Kier alpha value is -2.79. The van der Waals surface area contributed by atoms with Crippen molar-refractivity contribution in [3.8, 4) is 11.8 Å². The second kappa shape index (κ2) is 5.07. The van der Waals surface area contributed by atoms with Gasteiger partial charge in [0, 0.05) is 5.56 Å². The number of aryl methyl sites for hydroxylation is 1. The van der Waals surface area contributed by atoms with Gasteiger partial charge in [-0.1, -0.05) is 41.7 Å². The predicted octanol–water partition coefficient (Wildman–Crippen LogP) is 3.50. The van der Waals surface area contributed by atoms with Crippen LogP contribution in [0.5, 0.6) is 0 Å². The van der Waals surface area contributed by atoms with Crippen molar-refractivity contribution in [2.75, 3.05) is 0 Å². The summed E-state index contributed by atoms with van der Waals surface area (Å²) in [6.45, 7) is 1.95. The highest BCUT2D eigenvalue weighted by atomic mass is 16.3. The molecule has 0 N–H and O–H groups in total. The fraction of sp³-hybridized carbons (Fsp3) is 0.0556. The normalized spacial score (nSPS) is 10.1. The first-order chi connectivity index (χ1) is 9.74. The molecule has 20 heavy (non-hydrogen) atoms. The summed E-state index contributed by atoms with van der Waals surface area (Å²) in [5.41, 5.74) is 2.78. The maximum Gasteiger partial charge on any atom is 0.208 e. The van der Waals surface area contributed by atoms with E-state index in [9.17, 15) is 4.79 Å². The lowest BCUT2D eigenvalue weighted by atomic mass is 10.1. The van der Waals surface area contributed by atoms with Crippen LogP contribution in [0.1, 0.15) is 16.7 Å². The van der Waals surface area contributed by atoms with Crippen molar-refractivity contribution in [2.24, 2.45) is 0 Å². The van der Waals surface area contributed by atoms with Crippen LogP contribution in [0.25, 0.3) is 11.0 Å². The maximum atomic E-state index is 12.3. The van der Waals surface area contributed by atoms with E-state index in [0.717, 1.165) is 11.1 Å². The minimum absolute atomic E-state index is 0.0848. The zero-order valence-electron chi connectivity index (χ0n) is 11.0. The zero-order valence-corrected chi connectivity index (χ0v) is 11.0. The molecule has 0 amide bonds. The first kappa shape index (κ1) is 12.3. The van der Waals surface area contributed by atoms with Crippen LogP contribution >= 0.6 is 0 Å². The molecule has 3 aromatic rings. The highest BCUT2D eigenvalue weighted by molar-refractivity contribution is 5.78. The molecule has 0 aliphatic carbocycles. The molecule has 0 bridgehead atoms. The summed E-state index contributed by atoms with van der Waals surface area (Å²) < 4.78 is 5.46. The first-order valence-electron chi connectivity index (χ1n) is 6.33. The number of fused-ring (bicyclic) bond motifs is 1. The molecule has 0 fully saturated rings. The van der Waals surface area contributed by atoms with E-state index in [0.29, 0.717) is 16.5 Å². The van der Waals surface area contributed by atoms with Crippen molar-refractivity contribution in [3.05, 3.63) is 81.7 Å². The van der Waals surface area contributed by atoms with Crippen LogP contribution in [0, 0.1) is 18.8 Å². The van der Waals surface area contributed by atoms with Crippen LogP contribution in [0.15, 0.2) is 64.0 Å². The van der Waals surface area contributed by atoms with Gasteiger partial charge in [0.25, 0.3) is 0 Å². The van der Waals surface area contributed by atoms with E-state index < -0.39 is 0 Å². The zero-order chi connectivity index (χ0) is 13.9. The van der Waals surface area contributed by atoms with Gasteiger partial charge in [0.15, 0.2) is 0 Å². The van der Waals surface area contributed by atoms with Gasteiger partial charge in [-0.2, -0.15) is 0 Å². The van der Waals surface area contributed by atoms with Crippen LogP contribution in [0.4, 0.5) is 0 Å². The summed E-state index contributed by atoms with van der Waals surface area (Å²) in [5, 5.41) is 0.574. The smallest absolute Gasteiger partial charge is 0.208 e. The summed E-state index contributed by atoms with van der Waals surface area (Å²) in [6, 6.07) is 15.1. The van der Waals surface area contributed by atoms with Crippen molar-refractivity contribution < 1.29 is 4.42 Å². The molecule has 3 rings (SSSR count). The standard InChI is InChI=1S/C18H12O2/c1-13-7-10-17-16(11-13)18(19)15(12-20-17)9-8-14-5-3-2-4-6-14/h2-7,10-12H,1H3. The van der Waals surface area contributed by atoms with Gasteiger partial charge < -0.3 is 4.42 Å². The van der Waals surface area contributed by atoms with Crippen molar-refractivity contribution in [2.45, 2.75) is 6.92 Å². The SMILES string of the molecule is Cc1ccc2occ(C#Cc3ccccc3)c(=O)c2c1. The Kier molecular flexibility index (Phi) is 3.10. The van der Waals surface area contributed by atoms with E-state index in [1.165, 1.54) is 6.26 Å². The molecule has 0 radical (unpaired) electrons. The third-order valence-electron chi connectivity index (χ3n) is 3.04. The Bertz CT molecular complexity index is 878. The lowest BCUT2D eigenvalue weighted by Crippen LogP contribution is -2.05. The first-order valence-corrected chi connectivity index (χ1v) is 6.33. The predicted molar refractivity (Wildman–Crippen MR) is 79.6 cm³/mol. The molecule has 0 unspecified atom stereocenters. The summed E-state index contributed by atoms with van der Waals surface area (Å²) >= 11 is 0. The topological polar surface area (TPSA) is 30.2 Å². The molecular formula is C18H12O2. The van der Waals surface area contributed by atoms with Crippen molar-refractivity contribution in [3.63, 3.8) is 0 Å². The largest absolute Gasteiger partial charge is 0.463 e. The molecule has 0 spiro atoms. The molecule has 1 aromatic heterocycles. The van der Waals surface area contributed by atoms with Gasteiger partial charge in [0.05, 0.1) is 5.39 Å². The van der Waals surface area contributed by atoms with Crippen LogP contribution in [0.3, 0.4) is 0 Å². The Labute approximate surface area is 116 Å². The monoisotopic (exact) mass is 260 g/mol. The average molecular weight is 260 g/mol. The van der Waals surface area contributed by atoms with E-state index in [1.54, 1.807) is 6.07 Å². The number of hydrogen-bond acceptors (Lipinski definition) is 2. The minimum atomic E-state index is -0.0848. The molecule has 0 atom stereocenters. The van der Waals surface area contributed by atoms with Gasteiger partial charge in [-0.3, -0.25) is 4.79 Å². The maximum absolute atomic E-state index is 12.3. The van der Waals surface area contributed by atoms with E-state index in [1.807, 2.05) is 49.4 Å². The summed E-state index contributed by atoms with van der Waals surface area (Å²) in [6.07, 6.45) is 1.43. The Morgan fingerprint density at radius 3 is 2.60 bits per heavy atom. The van der Waals surface area contributed by atoms with Gasteiger partial charge >= 0.3 is 0 Å². The van der Waals surface area contributed by atoms with Crippen molar-refractivity contribution in [1.82, 2.24) is 0 Å². The molecule has 0 saturated heterocycles. The van der Waals surface area contributed by atoms with Crippen molar-refractivity contribution in [1.29, 1.82) is 0 Å². The molecule has 2 heteroatoms. The number of rotatable bonds is 0. The Morgan fingerprint density at radius 2 is 1.80 bits per heavy atom. The third kappa shape index (κ3) is 2.34. The Morgan fingerprint density at radius 1 is 1.00 bits per heavy atom. The third-order valence-corrected chi connectivity index (χ3v) is 3.04. The molecule has 96 valence electrons. The van der Waals surface area contributed by atoms with Crippen LogP contribution in [0.2, 0.25) is 0 Å². The number of benzene rings is 2. The lowest BCUT2D eigenvalue weighted by Gasteiger charge is -1.98. The van der Waals surface area contributed by atoms with Gasteiger partial charge in [0.1, 0.15) is 17.4 Å². The highest BCUT2D eigenvalue weighted by Gasteiger charge is 2.04. The van der Waals surface area contributed by atoms with Crippen LogP contribution < -0.4 is 5.43 Å². The summed E-state index contributed by atoms with van der Waals surface area (Å²) in [5.74, 6) is 5.86. The molecule has 2 nitrogen and oxygen atoms in total. The van der Waals surface area contributed by atoms with Gasteiger partial charge in [-0.25, -0.2) is 0 Å². The van der Waals surface area contributed by atoms with Gasteiger partial charge in [-0.15, -0.1) is 0 Å². The van der Waals surface area contributed by atoms with E-state index >= 15 is 0 Å². The molecule has 0 aliphatic heterocycles. The van der Waals surface area contributed by atoms with E-state index in [-0.39, 0.29) is 5.43 Å². The van der Waals surface area contributed by atoms with Crippen molar-refractivity contribution >= 4 is 11.0 Å². The van der Waals surface area contributed by atoms with E-state index in [4.69, 9.17) is 4.42 Å². The molecule has 1 heterocycles. The number of hydrogen-bond donors (Lipinski definition) is 0. The molecule has 0 aliphatic rings. The minimum Gasteiger partial charge on any atom is -0.463 e. The fourth-order valence-corrected chi connectivity index (χ4v) is 1.99. The molecule has 2 aromatic carbocycles. The fourth-order valence-electron chi connectivity index (χ4n) is 1.99. The highest BCUT2D eigenvalue weighted by Crippen LogP contribution is 2.12. The second-order valence-electron chi connectivity index (χ2n) is 4.59. The Balaban J connectivity index is 2.12. The summed E-state index contributed by atoms with van der Waals surface area (Å²) in [7, 11) is 0. The lowest BCUT2D eigenvalue weighted by molar-refractivity contribution is 0.600. The second-order valence-corrected chi connectivity index (χ2v) is 4.59. The van der Waals surface area contributed by atoms with E-state index in [2.05, 4.69) is 11.8 Å². The van der Waals surface area contributed by atoms with Crippen LogP contribution in [-0.4, -0.2) is 0 Å². The average Bonchev–Trinajstić information content (AvgIpc) is 2.48. The molecular weight excluding hydrogens is 248 g/mol. The van der Waals surface area contributed by atoms with Gasteiger partial charge in [0.2, 0.25) is 5.43 Å². The summed E-state index contributed by atoms with van der Waals surface area (Å²) in [4.78, 5) is 12.3. The van der Waals surface area contributed by atoms with Gasteiger partial charge in [-0.05, 0) is 31.2 Å². The van der Waals surface area contributed by atoms with Crippen LogP contribution in [-0.2, 0) is 0 Å². The molecule has 0 saturated carbocycles.